The Balaban J connectivity index is 0. The smallest absolute Gasteiger partial charge is 0.402 e. The molecule has 0 atom stereocenters. The highest BCUT2D eigenvalue weighted by atomic mass is 16.5. The highest BCUT2D eigenvalue weighted by Gasteiger charge is 2.35. The van der Waals surface area contributed by atoms with Gasteiger partial charge in [-0.1, -0.05) is 0 Å². The van der Waals surface area contributed by atoms with E-state index in [-0.39, 0.29) is 0 Å². The van der Waals surface area contributed by atoms with Crippen LogP contribution in [0.15, 0.2) is 0 Å². The van der Waals surface area contributed by atoms with Crippen LogP contribution < -0.4 is 0 Å². The Morgan fingerprint density at radius 3 is 1.43 bits per heavy atom. The molecule has 0 spiro atoms. The van der Waals surface area contributed by atoms with Gasteiger partial charge in [-0.3, -0.25) is 0 Å². The summed E-state index contributed by atoms with van der Waals surface area (Å²) in [6, 6.07) is 0. The third-order valence-electron chi connectivity index (χ3n) is 1.98. The molecule has 0 aliphatic rings. The van der Waals surface area contributed by atoms with E-state index in [4.69, 9.17) is 19.8 Å². The monoisotopic (exact) mass is 208 g/mol. The van der Waals surface area contributed by atoms with Crippen molar-refractivity contribution in [1.82, 2.24) is 0 Å². The third-order valence-corrected chi connectivity index (χ3v) is 1.98. The van der Waals surface area contributed by atoms with Crippen LogP contribution >= 0.6 is 0 Å². The van der Waals surface area contributed by atoms with Crippen LogP contribution in [0, 0.1) is 0 Å². The first-order chi connectivity index (χ1) is 6.04. The second kappa shape index (κ2) is 6.37. The molecular formula is C8H21BO5. The van der Waals surface area contributed by atoms with Crippen molar-refractivity contribution in [3.63, 3.8) is 0 Å². The molecule has 0 bridgehead atoms. The highest BCUT2D eigenvalue weighted by Crippen LogP contribution is 2.24. The van der Waals surface area contributed by atoms with Gasteiger partial charge >= 0.3 is 7.32 Å². The number of hydrogen-bond acceptors (Lipinski definition) is 5. The van der Waals surface area contributed by atoms with Crippen LogP contribution in [0.4, 0.5) is 0 Å². The second-order valence-corrected chi connectivity index (χ2v) is 3.85. The normalized spacial score (nSPS) is 11.8. The molecule has 0 aromatic carbocycles. The molecule has 0 unspecified atom stereocenters. The van der Waals surface area contributed by atoms with Gasteiger partial charge in [-0.15, -0.1) is 0 Å². The van der Waals surface area contributed by atoms with E-state index in [2.05, 4.69) is 0 Å². The fourth-order valence-electron chi connectivity index (χ4n) is 0.537. The quantitative estimate of drug-likeness (QED) is 0.470. The largest absolute Gasteiger partial charge is 0.631 e. The molecule has 6 heteroatoms. The summed E-state index contributed by atoms with van der Waals surface area (Å²) < 4.78 is 5.34. The molecule has 14 heavy (non-hydrogen) atoms. The van der Waals surface area contributed by atoms with E-state index in [1.165, 1.54) is 0 Å². The van der Waals surface area contributed by atoms with Crippen molar-refractivity contribution >= 4 is 7.32 Å². The van der Waals surface area contributed by atoms with Crippen LogP contribution in [0.1, 0.15) is 34.6 Å². The zero-order valence-corrected chi connectivity index (χ0v) is 9.48. The van der Waals surface area contributed by atoms with Crippen LogP contribution in [0.25, 0.3) is 0 Å². The predicted octanol–water partition coefficient (Wildman–Crippen LogP) is -0.479. The number of aliphatic hydroxyl groups is 1. The van der Waals surface area contributed by atoms with Gasteiger partial charge < -0.3 is 24.9 Å². The van der Waals surface area contributed by atoms with Crippen molar-refractivity contribution in [3.8, 4) is 0 Å². The molecule has 0 amide bonds. The first kappa shape index (κ1) is 16.3. The Bertz CT molecular complexity index is 138. The van der Waals surface area contributed by atoms with Gasteiger partial charge in [-0.25, -0.2) is 0 Å². The van der Waals surface area contributed by atoms with Crippen LogP contribution in [0.2, 0.25) is 0 Å². The molecule has 4 N–H and O–H groups in total. The number of hydrogen-bond donors (Lipinski definition) is 4. The van der Waals surface area contributed by atoms with Crippen molar-refractivity contribution in [2.45, 2.75) is 45.8 Å². The van der Waals surface area contributed by atoms with Crippen LogP contribution in [0.3, 0.4) is 0 Å². The molecule has 0 fully saturated rings. The van der Waals surface area contributed by atoms with Gasteiger partial charge in [0.1, 0.15) is 0 Å². The van der Waals surface area contributed by atoms with Crippen molar-refractivity contribution in [3.05, 3.63) is 0 Å². The van der Waals surface area contributed by atoms with Crippen molar-refractivity contribution in [2.24, 2.45) is 0 Å². The average molecular weight is 208 g/mol. The van der Waals surface area contributed by atoms with Crippen molar-refractivity contribution in [2.75, 3.05) is 6.61 Å². The third kappa shape index (κ3) is 8.46. The Morgan fingerprint density at radius 1 is 1.07 bits per heavy atom. The molecule has 0 radical (unpaired) electrons. The predicted molar refractivity (Wildman–Crippen MR) is 54.4 cm³/mol. The Kier molecular flexibility index (Phi) is 7.41. The zero-order valence-electron chi connectivity index (χ0n) is 9.48. The van der Waals surface area contributed by atoms with Crippen LogP contribution in [-0.4, -0.2) is 45.3 Å². The molecule has 0 saturated heterocycles. The molecule has 86 valence electrons. The topological polar surface area (TPSA) is 90.2 Å². The fraction of sp³-hybridized carbons (Fsp3) is 1.00. The molecule has 0 saturated carbocycles. The van der Waals surface area contributed by atoms with Gasteiger partial charge in [0.15, 0.2) is 0 Å². The van der Waals surface area contributed by atoms with Gasteiger partial charge in [0.05, 0.1) is 11.2 Å². The van der Waals surface area contributed by atoms with E-state index in [0.29, 0.717) is 6.61 Å². The van der Waals surface area contributed by atoms with Gasteiger partial charge in [0, 0.05) is 6.61 Å². The van der Waals surface area contributed by atoms with Gasteiger partial charge in [0.25, 0.3) is 0 Å². The summed E-state index contributed by atoms with van der Waals surface area (Å²) in [7, 11) is -2.17. The molecule has 0 aromatic rings. The summed E-state index contributed by atoms with van der Waals surface area (Å²) in [4.78, 5) is 0. The molecule has 0 rings (SSSR count). The average Bonchev–Trinajstić information content (AvgIpc) is 1.82. The minimum Gasteiger partial charge on any atom is -0.402 e. The van der Waals surface area contributed by atoms with Gasteiger partial charge in [-0.05, 0) is 34.6 Å². The van der Waals surface area contributed by atoms with E-state index >= 15 is 0 Å². The molecular weight excluding hydrogens is 187 g/mol. The van der Waals surface area contributed by atoms with Crippen LogP contribution in [-0.2, 0) is 4.74 Å². The summed E-state index contributed by atoms with van der Waals surface area (Å²) in [5, 5.41) is 31.1. The second-order valence-electron chi connectivity index (χ2n) is 3.85. The summed E-state index contributed by atoms with van der Waals surface area (Å²) in [6.07, 6.45) is 0. The van der Waals surface area contributed by atoms with Gasteiger partial charge in [-0.2, -0.15) is 0 Å². The molecule has 5 nitrogen and oxygen atoms in total. The summed E-state index contributed by atoms with van der Waals surface area (Å²) in [5.41, 5.74) is -1.23. The lowest BCUT2D eigenvalue weighted by atomic mass is 9.89. The first-order valence-corrected chi connectivity index (χ1v) is 4.45. The first-order valence-electron chi connectivity index (χ1n) is 4.45. The minimum absolute atomic E-state index is 0.457. The van der Waals surface area contributed by atoms with Gasteiger partial charge in [0.2, 0.25) is 0 Å². The van der Waals surface area contributed by atoms with E-state index in [9.17, 15) is 5.11 Å². The van der Waals surface area contributed by atoms with E-state index in [0.717, 1.165) is 0 Å². The fourth-order valence-corrected chi connectivity index (χ4v) is 0.537. The molecule has 0 aliphatic heterocycles. The Labute approximate surface area is 85.5 Å². The van der Waals surface area contributed by atoms with E-state index < -0.39 is 18.5 Å². The van der Waals surface area contributed by atoms with Crippen LogP contribution in [0.5, 0.6) is 0 Å². The summed E-state index contributed by atoms with van der Waals surface area (Å²) in [5.74, 6) is 0. The lowest BCUT2D eigenvalue weighted by molar-refractivity contribution is -0.144. The summed E-state index contributed by atoms with van der Waals surface area (Å²) >= 11 is 0. The number of ether oxygens (including phenoxy) is 1. The molecule has 0 aliphatic carbocycles. The molecule has 0 aromatic heterocycles. The minimum atomic E-state index is -2.17. The molecule has 0 heterocycles. The maximum Gasteiger partial charge on any atom is 0.631 e. The SMILES string of the molecule is CCOC(C)(C)C(C)(C)O.OB(O)O. The van der Waals surface area contributed by atoms with Crippen molar-refractivity contribution in [1.29, 1.82) is 0 Å². The Hall–Kier alpha value is -0.135. The summed E-state index contributed by atoms with van der Waals surface area (Å²) in [6.45, 7) is 9.84. The van der Waals surface area contributed by atoms with E-state index in [1.54, 1.807) is 13.8 Å². The lowest BCUT2D eigenvalue weighted by Crippen LogP contribution is -2.47. The Morgan fingerprint density at radius 2 is 1.36 bits per heavy atom. The lowest BCUT2D eigenvalue weighted by Gasteiger charge is -2.36. The maximum absolute atomic E-state index is 9.55. The maximum atomic E-state index is 9.55. The standard InChI is InChI=1S/C8H18O2.BH3O3/c1-6-10-8(4,5)7(2,3)9;2-1(3)4/h9H,6H2,1-5H3;2-4H. The van der Waals surface area contributed by atoms with Crippen molar-refractivity contribution < 1.29 is 24.9 Å². The van der Waals surface area contributed by atoms with E-state index in [1.807, 2.05) is 20.8 Å². The highest BCUT2D eigenvalue weighted by molar-refractivity contribution is 6.30. The zero-order chi connectivity index (χ0) is 12.0. The number of rotatable bonds is 3.